The number of nitrogens with zero attached hydrogens (tertiary/aromatic N) is 2. The molecule has 0 spiro atoms. The smallest absolute Gasteiger partial charge is 0.153 e. The van der Waals surface area contributed by atoms with E-state index in [-0.39, 0.29) is 12.1 Å². The first-order valence-corrected chi connectivity index (χ1v) is 10.0. The number of piperazine rings is 1. The summed E-state index contributed by atoms with van der Waals surface area (Å²) in [5.74, 6) is 0.590. The van der Waals surface area contributed by atoms with Crippen molar-refractivity contribution in [2.45, 2.75) is 18.6 Å². The Bertz CT molecular complexity index is 559. The number of hydrogen-bond donors (Lipinski definition) is 0. The molecule has 0 amide bonds. The molecule has 2 atom stereocenters. The van der Waals surface area contributed by atoms with Crippen molar-refractivity contribution in [2.75, 3.05) is 44.9 Å². The van der Waals surface area contributed by atoms with Gasteiger partial charge in [-0.05, 0) is 22.4 Å². The molecule has 21 heavy (non-hydrogen) atoms. The van der Waals surface area contributed by atoms with Crippen molar-refractivity contribution in [2.24, 2.45) is 0 Å². The van der Waals surface area contributed by atoms with E-state index >= 15 is 0 Å². The highest BCUT2D eigenvalue weighted by atomic mass is 32.2. The molecular formula is C14H22N2O3S2. The molecule has 3 heterocycles. The van der Waals surface area contributed by atoms with E-state index in [4.69, 9.17) is 4.74 Å². The Morgan fingerprint density at radius 3 is 2.67 bits per heavy atom. The first-order valence-electron chi connectivity index (χ1n) is 7.27. The van der Waals surface area contributed by atoms with Crippen molar-refractivity contribution in [3.05, 3.63) is 22.4 Å². The van der Waals surface area contributed by atoms with E-state index in [9.17, 15) is 8.42 Å². The van der Waals surface area contributed by atoms with Gasteiger partial charge in [0.15, 0.2) is 9.84 Å². The van der Waals surface area contributed by atoms with Crippen LogP contribution >= 0.6 is 11.3 Å². The summed E-state index contributed by atoms with van der Waals surface area (Å²) < 4.78 is 29.3. The second-order valence-electron chi connectivity index (χ2n) is 5.84. The summed E-state index contributed by atoms with van der Waals surface area (Å²) in [4.78, 5) is 4.64. The third kappa shape index (κ3) is 3.48. The lowest BCUT2D eigenvalue weighted by molar-refractivity contribution is 0.0253. The Morgan fingerprint density at radius 1 is 1.29 bits per heavy atom. The average Bonchev–Trinajstić information content (AvgIpc) is 3.04. The van der Waals surface area contributed by atoms with E-state index in [0.29, 0.717) is 18.1 Å². The summed E-state index contributed by atoms with van der Waals surface area (Å²) in [6.45, 7) is 4.19. The molecule has 118 valence electrons. The summed E-state index contributed by atoms with van der Waals surface area (Å²) in [6.07, 6.45) is 0. The van der Waals surface area contributed by atoms with Crippen LogP contribution in [0.1, 0.15) is 5.56 Å². The first kappa shape index (κ1) is 15.4. The lowest BCUT2D eigenvalue weighted by Crippen LogP contribution is -2.59. The molecule has 0 radical (unpaired) electrons. The Hall–Kier alpha value is -0.470. The SMILES string of the molecule is COCCN1CCN(Cc2ccsc2)C2CS(=O)(=O)CC21. The fourth-order valence-electron chi connectivity index (χ4n) is 3.40. The second kappa shape index (κ2) is 6.34. The van der Waals surface area contributed by atoms with Gasteiger partial charge in [-0.1, -0.05) is 0 Å². The van der Waals surface area contributed by atoms with Crippen molar-refractivity contribution >= 4 is 21.2 Å². The predicted molar refractivity (Wildman–Crippen MR) is 84.4 cm³/mol. The topological polar surface area (TPSA) is 49.9 Å². The van der Waals surface area contributed by atoms with Gasteiger partial charge in [0.2, 0.25) is 0 Å². The van der Waals surface area contributed by atoms with Crippen LogP contribution in [0, 0.1) is 0 Å². The van der Waals surface area contributed by atoms with Crippen LogP contribution in [-0.4, -0.2) is 75.2 Å². The number of rotatable bonds is 5. The molecule has 2 saturated heterocycles. The number of thiophene rings is 1. The van der Waals surface area contributed by atoms with Crippen LogP contribution in [0.25, 0.3) is 0 Å². The first-order chi connectivity index (χ1) is 10.1. The van der Waals surface area contributed by atoms with Gasteiger partial charge in [0.05, 0.1) is 18.1 Å². The molecule has 0 bridgehead atoms. The van der Waals surface area contributed by atoms with Crippen molar-refractivity contribution in [3.8, 4) is 0 Å². The molecule has 0 aliphatic carbocycles. The molecule has 2 aliphatic heterocycles. The van der Waals surface area contributed by atoms with E-state index < -0.39 is 9.84 Å². The van der Waals surface area contributed by atoms with Gasteiger partial charge in [0.25, 0.3) is 0 Å². The van der Waals surface area contributed by atoms with Gasteiger partial charge >= 0.3 is 0 Å². The zero-order valence-electron chi connectivity index (χ0n) is 12.3. The normalized spacial score (nSPS) is 29.6. The molecular weight excluding hydrogens is 308 g/mol. The van der Waals surface area contributed by atoms with Gasteiger partial charge in [-0.3, -0.25) is 9.80 Å². The minimum absolute atomic E-state index is 0.123. The molecule has 1 aromatic heterocycles. The highest BCUT2D eigenvalue weighted by molar-refractivity contribution is 7.91. The number of hydrogen-bond acceptors (Lipinski definition) is 6. The number of sulfone groups is 1. The fourth-order valence-corrected chi connectivity index (χ4v) is 6.10. The zero-order chi connectivity index (χ0) is 14.9. The number of fused-ring (bicyclic) bond motifs is 1. The van der Waals surface area contributed by atoms with Gasteiger partial charge in [0, 0.05) is 45.4 Å². The Morgan fingerprint density at radius 2 is 2.00 bits per heavy atom. The van der Waals surface area contributed by atoms with Crippen LogP contribution in [0.15, 0.2) is 16.8 Å². The van der Waals surface area contributed by atoms with Crippen LogP contribution in [0.5, 0.6) is 0 Å². The Balaban J connectivity index is 1.74. The second-order valence-corrected chi connectivity index (χ2v) is 8.78. The number of methoxy groups -OCH3 is 1. The highest BCUT2D eigenvalue weighted by Gasteiger charge is 2.46. The molecule has 1 aromatic rings. The molecule has 2 unspecified atom stereocenters. The maximum atomic E-state index is 12.1. The molecule has 5 nitrogen and oxygen atoms in total. The molecule has 0 aromatic carbocycles. The van der Waals surface area contributed by atoms with E-state index in [1.165, 1.54) is 5.56 Å². The molecule has 0 N–H and O–H groups in total. The summed E-state index contributed by atoms with van der Waals surface area (Å²) in [5, 5.41) is 4.23. The van der Waals surface area contributed by atoms with Crippen LogP contribution in [0.4, 0.5) is 0 Å². The third-order valence-corrected chi connectivity index (χ3v) is 6.89. The van der Waals surface area contributed by atoms with E-state index in [1.807, 2.05) is 0 Å². The van der Waals surface area contributed by atoms with Gasteiger partial charge in [-0.25, -0.2) is 8.42 Å². The van der Waals surface area contributed by atoms with Crippen molar-refractivity contribution in [1.82, 2.24) is 9.80 Å². The lowest BCUT2D eigenvalue weighted by Gasteiger charge is -2.43. The van der Waals surface area contributed by atoms with Crippen LogP contribution in [-0.2, 0) is 21.1 Å². The third-order valence-electron chi connectivity index (χ3n) is 4.45. The maximum absolute atomic E-state index is 12.1. The maximum Gasteiger partial charge on any atom is 0.153 e. The molecule has 7 heteroatoms. The lowest BCUT2D eigenvalue weighted by atomic mass is 10.0. The van der Waals surface area contributed by atoms with E-state index in [0.717, 1.165) is 26.2 Å². The molecule has 3 rings (SSSR count). The largest absolute Gasteiger partial charge is 0.383 e. The van der Waals surface area contributed by atoms with Gasteiger partial charge in [-0.2, -0.15) is 11.3 Å². The quantitative estimate of drug-likeness (QED) is 0.795. The zero-order valence-corrected chi connectivity index (χ0v) is 13.9. The molecule has 0 saturated carbocycles. The Labute approximate surface area is 130 Å². The monoisotopic (exact) mass is 330 g/mol. The van der Waals surface area contributed by atoms with Crippen LogP contribution < -0.4 is 0 Å². The van der Waals surface area contributed by atoms with E-state index in [1.54, 1.807) is 18.4 Å². The standard InChI is InChI=1S/C14H22N2O3S2/c1-19-6-5-15-3-4-16(8-12-2-7-20-9-12)14-11-21(17,18)10-13(14)15/h2,7,9,13-14H,3-6,8,10-11H2,1H3. The van der Waals surface area contributed by atoms with Gasteiger partial charge in [0.1, 0.15) is 0 Å². The van der Waals surface area contributed by atoms with Crippen LogP contribution in [0.3, 0.4) is 0 Å². The van der Waals surface area contributed by atoms with Crippen molar-refractivity contribution in [1.29, 1.82) is 0 Å². The van der Waals surface area contributed by atoms with Crippen molar-refractivity contribution < 1.29 is 13.2 Å². The van der Waals surface area contributed by atoms with Gasteiger partial charge < -0.3 is 4.74 Å². The molecule has 2 fully saturated rings. The molecule has 2 aliphatic rings. The fraction of sp³-hybridized carbons (Fsp3) is 0.714. The predicted octanol–water partition coefficient (Wildman–Crippen LogP) is 0.678. The number of ether oxygens (including phenoxy) is 1. The van der Waals surface area contributed by atoms with Gasteiger partial charge in [-0.15, -0.1) is 0 Å². The van der Waals surface area contributed by atoms with Crippen molar-refractivity contribution in [3.63, 3.8) is 0 Å². The minimum atomic E-state index is -2.92. The summed E-state index contributed by atoms with van der Waals surface area (Å²) in [5.41, 5.74) is 1.29. The average molecular weight is 330 g/mol. The summed E-state index contributed by atoms with van der Waals surface area (Å²) in [6, 6.07) is 2.37. The highest BCUT2D eigenvalue weighted by Crippen LogP contribution is 2.28. The Kier molecular flexibility index (Phi) is 4.66. The van der Waals surface area contributed by atoms with Crippen LogP contribution in [0.2, 0.25) is 0 Å². The summed E-state index contributed by atoms with van der Waals surface area (Å²) >= 11 is 1.69. The van der Waals surface area contributed by atoms with E-state index in [2.05, 4.69) is 26.6 Å². The summed E-state index contributed by atoms with van der Waals surface area (Å²) in [7, 11) is -1.23. The minimum Gasteiger partial charge on any atom is -0.383 e.